The molecule has 0 aliphatic rings. The van der Waals surface area contributed by atoms with Crippen LogP contribution in [0.1, 0.15) is 141 Å². The van der Waals surface area contributed by atoms with Gasteiger partial charge in [0.2, 0.25) is 0 Å². The number of hydrogen-bond donors (Lipinski definition) is 5. The number of unbranched alkanes of at least 4 members (excludes halogenated alkanes) is 15. The molecule has 1 aromatic heterocycles. The topological polar surface area (TPSA) is 248 Å². The number of nitrogens with zero attached hydrogens (tertiary/aromatic N) is 2. The number of rotatable bonds is 39. The number of pyridine rings is 1. The van der Waals surface area contributed by atoms with Gasteiger partial charge in [0.05, 0.1) is 52.7 Å². The van der Waals surface area contributed by atoms with E-state index >= 15 is 0 Å². The van der Waals surface area contributed by atoms with E-state index in [9.17, 15) is 38.0 Å². The number of nitrogens with one attached hydrogen (secondary N) is 2. The number of hydrogen-bond acceptors (Lipinski definition) is 13. The van der Waals surface area contributed by atoms with Gasteiger partial charge in [0.15, 0.2) is 0 Å². The van der Waals surface area contributed by atoms with E-state index in [1.165, 1.54) is 102 Å². The number of carbonyl (C=O) groups excluding carboxylic acids is 2. The van der Waals surface area contributed by atoms with Crippen LogP contribution in [-0.2, 0) is 49.3 Å². The first-order valence-corrected chi connectivity index (χ1v) is 32.4. The maximum Gasteiger partial charge on any atom is 0.536 e. The van der Waals surface area contributed by atoms with Gasteiger partial charge in [-0.3, -0.25) is 33.6 Å². The van der Waals surface area contributed by atoms with Crippen molar-refractivity contribution in [2.24, 2.45) is 0 Å². The zero-order valence-corrected chi connectivity index (χ0v) is 50.4. The predicted octanol–water partition coefficient (Wildman–Crippen LogP) is 14.0. The molecule has 5 rings (SSSR count). The largest absolute Gasteiger partial charge is 0.536 e. The molecule has 0 fully saturated rings. The van der Waals surface area contributed by atoms with Crippen LogP contribution in [0, 0.1) is 6.92 Å². The average molecular weight is 1180 g/mol. The molecule has 19 nitrogen and oxygen atoms in total. The molecule has 0 saturated carbocycles. The second-order valence-electron chi connectivity index (χ2n) is 21.0. The quantitative estimate of drug-likeness (QED) is 0.0139. The third kappa shape index (κ3) is 25.8. The van der Waals surface area contributed by atoms with E-state index in [2.05, 4.69) is 26.5 Å². The Kier molecular flexibility index (Phi) is 27.7. The van der Waals surface area contributed by atoms with E-state index in [0.717, 1.165) is 77.4 Å². The SMILES string of the molecule is C=C(c1ccc(OC)c(NC(=O)OCc2ccc(OP(=O)(O)OP(=O)(O)OCCNC(=O)c3ccc(CCCCCCCCCCCCCCCCCCOP(=O)(O)OCC[N+](C)(C)C)cc3)cc2)c1)c1cc(C)nc2ccccc12. The van der Waals surface area contributed by atoms with Crippen molar-refractivity contribution in [1.82, 2.24) is 10.3 Å². The van der Waals surface area contributed by atoms with Crippen LogP contribution in [0.25, 0.3) is 16.5 Å². The summed E-state index contributed by atoms with van der Waals surface area (Å²) in [6.07, 6.45) is 18.9. The van der Waals surface area contributed by atoms with E-state index in [4.69, 9.17) is 27.6 Å². The fourth-order valence-corrected chi connectivity index (χ4v) is 11.6. The van der Waals surface area contributed by atoms with Crippen LogP contribution in [0.5, 0.6) is 11.5 Å². The van der Waals surface area contributed by atoms with Crippen molar-refractivity contribution >= 4 is 57.6 Å². The van der Waals surface area contributed by atoms with Crippen molar-refractivity contribution in [2.75, 3.05) is 66.5 Å². The summed E-state index contributed by atoms with van der Waals surface area (Å²) in [6, 6.07) is 27.7. The molecule has 0 saturated heterocycles. The summed E-state index contributed by atoms with van der Waals surface area (Å²) in [6.45, 7) is 6.41. The Bertz CT molecular complexity index is 2920. The molecular formula is C59H84N4O15P3+. The van der Waals surface area contributed by atoms with E-state index in [1.54, 1.807) is 24.3 Å². The van der Waals surface area contributed by atoms with Gasteiger partial charge in [-0.1, -0.05) is 145 Å². The van der Waals surface area contributed by atoms with Crippen molar-refractivity contribution < 1.29 is 74.3 Å². The molecule has 81 heavy (non-hydrogen) atoms. The summed E-state index contributed by atoms with van der Waals surface area (Å²) in [7, 11) is -6.79. The molecule has 22 heteroatoms. The summed E-state index contributed by atoms with van der Waals surface area (Å²) >= 11 is 0. The van der Waals surface area contributed by atoms with Gasteiger partial charge in [0.1, 0.15) is 31.3 Å². The number of para-hydroxylation sites is 1. The highest BCUT2D eigenvalue weighted by Gasteiger charge is 2.36. The lowest BCUT2D eigenvalue weighted by Crippen LogP contribution is -2.37. The molecular weight excluding hydrogens is 1100 g/mol. The number of quaternary nitrogens is 1. The van der Waals surface area contributed by atoms with Gasteiger partial charge in [0.25, 0.3) is 5.91 Å². The Labute approximate surface area is 478 Å². The lowest BCUT2D eigenvalue weighted by molar-refractivity contribution is -0.870. The predicted molar refractivity (Wildman–Crippen MR) is 316 cm³/mol. The molecule has 1 heterocycles. The molecule has 444 valence electrons. The van der Waals surface area contributed by atoms with Crippen LogP contribution in [0.4, 0.5) is 10.5 Å². The first kappa shape index (κ1) is 66.5. The maximum absolute atomic E-state index is 12.9. The summed E-state index contributed by atoms with van der Waals surface area (Å²) in [5.41, 5.74) is 6.38. The fourth-order valence-electron chi connectivity index (χ4n) is 8.76. The Morgan fingerprint density at radius 1 is 0.630 bits per heavy atom. The lowest BCUT2D eigenvalue weighted by atomic mass is 9.95. The van der Waals surface area contributed by atoms with Gasteiger partial charge in [-0.2, -0.15) is 4.31 Å². The van der Waals surface area contributed by atoms with Gasteiger partial charge in [-0.05, 0) is 103 Å². The number of amides is 2. The molecule has 3 unspecified atom stereocenters. The smallest absolute Gasteiger partial charge is 0.495 e. The zero-order chi connectivity index (χ0) is 58.7. The van der Waals surface area contributed by atoms with E-state index in [0.29, 0.717) is 33.6 Å². The summed E-state index contributed by atoms with van der Waals surface area (Å²) in [5, 5.41) is 6.23. The van der Waals surface area contributed by atoms with Crippen LogP contribution in [-0.4, -0.2) is 97.3 Å². The van der Waals surface area contributed by atoms with Gasteiger partial charge >= 0.3 is 29.6 Å². The molecule has 0 spiro atoms. The minimum Gasteiger partial charge on any atom is -0.495 e. The number of aryl methyl sites for hydroxylation is 2. The van der Waals surface area contributed by atoms with Crippen LogP contribution < -0.4 is 19.9 Å². The Balaban J connectivity index is 0.867. The number of likely N-dealkylation sites (N-methyl/N-ethyl adjacent to an activating group) is 1. The van der Waals surface area contributed by atoms with Crippen molar-refractivity contribution in [2.45, 2.75) is 123 Å². The van der Waals surface area contributed by atoms with Crippen molar-refractivity contribution in [3.05, 3.63) is 137 Å². The highest BCUT2D eigenvalue weighted by Crippen LogP contribution is 2.60. The molecule has 0 aliphatic heterocycles. The fraction of sp³-hybridized carbons (Fsp3) is 0.475. The standard InChI is InChI=1S/C59H83N4O15P3/c1-46-43-54(53-26-22-23-27-55(53)61-46)47(2)51-34-37-57(72-6)56(44-51)62-59(65)73-45-49-30-35-52(36-31-49)77-81(70,71)78-80(68,69)75-41-38-60-58(64)50-32-28-48(29-33-50)25-21-19-17-15-13-11-9-7-8-10-12-14-16-18-20-24-40-74-79(66,67)76-42-39-63(3,4)5/h22-23,26-37,43-44H,2,7-21,24-25,38-42,45H2,1,3-6H3,(H4-,60,62,64,65,66,67,68,69,70,71)/p+1. The molecule has 2 amide bonds. The van der Waals surface area contributed by atoms with Crippen LogP contribution in [0.15, 0.2) is 104 Å². The number of fused-ring (bicyclic) bond motifs is 1. The molecule has 4 aromatic carbocycles. The monoisotopic (exact) mass is 1180 g/mol. The second kappa shape index (κ2) is 33.7. The lowest BCUT2D eigenvalue weighted by Gasteiger charge is -2.24. The number of phosphoric ester groups is 3. The first-order valence-electron chi connectivity index (χ1n) is 27.9. The van der Waals surface area contributed by atoms with Gasteiger partial charge < -0.3 is 33.6 Å². The van der Waals surface area contributed by atoms with Crippen LogP contribution in [0.3, 0.4) is 0 Å². The minimum atomic E-state index is -5.18. The Hall–Kier alpha value is -5.26. The highest BCUT2D eigenvalue weighted by atomic mass is 31.3. The number of carbonyl (C=O) groups is 2. The molecule has 5 aromatic rings. The molecule has 0 radical (unpaired) electrons. The summed E-state index contributed by atoms with van der Waals surface area (Å²) < 4.78 is 73.1. The van der Waals surface area contributed by atoms with Gasteiger partial charge in [-0.15, -0.1) is 0 Å². The Morgan fingerprint density at radius 2 is 1.19 bits per heavy atom. The first-order chi connectivity index (χ1) is 38.6. The summed E-state index contributed by atoms with van der Waals surface area (Å²) in [4.78, 5) is 60.5. The van der Waals surface area contributed by atoms with Crippen molar-refractivity contribution in [3.8, 4) is 11.5 Å². The minimum absolute atomic E-state index is 0.188. The third-order valence-corrected chi connectivity index (χ3v) is 16.8. The number of ether oxygens (including phenoxy) is 2. The summed E-state index contributed by atoms with van der Waals surface area (Å²) in [5.74, 6) is -0.221. The molecule has 5 N–H and O–H groups in total. The maximum atomic E-state index is 12.9. The Morgan fingerprint density at radius 3 is 1.80 bits per heavy atom. The zero-order valence-electron chi connectivity index (χ0n) is 47.7. The highest BCUT2D eigenvalue weighted by molar-refractivity contribution is 7.61. The normalized spacial score (nSPS) is 13.9. The second-order valence-corrected chi connectivity index (χ2v) is 25.4. The number of methoxy groups -OCH3 is 1. The van der Waals surface area contributed by atoms with Crippen LogP contribution >= 0.6 is 23.5 Å². The van der Waals surface area contributed by atoms with E-state index in [1.807, 2.05) is 76.6 Å². The molecule has 0 bridgehead atoms. The third-order valence-electron chi connectivity index (χ3n) is 13.2. The van der Waals surface area contributed by atoms with E-state index < -0.39 is 42.1 Å². The molecule has 0 aliphatic carbocycles. The molecule has 3 atom stereocenters. The van der Waals surface area contributed by atoms with E-state index in [-0.39, 0.29) is 32.1 Å². The number of anilines is 1. The average Bonchev–Trinajstić information content (AvgIpc) is 3.42. The van der Waals surface area contributed by atoms with Gasteiger partial charge in [0, 0.05) is 23.2 Å². The van der Waals surface area contributed by atoms with Crippen molar-refractivity contribution in [1.29, 1.82) is 0 Å². The van der Waals surface area contributed by atoms with Gasteiger partial charge in [-0.25, -0.2) is 18.5 Å². The number of benzene rings is 4. The van der Waals surface area contributed by atoms with Crippen LogP contribution in [0.2, 0.25) is 0 Å². The van der Waals surface area contributed by atoms with Crippen molar-refractivity contribution in [3.63, 3.8) is 0 Å². The number of phosphoric acid groups is 3. The number of aromatic nitrogens is 1.